The second-order valence-corrected chi connectivity index (χ2v) is 6.05. The van der Waals surface area contributed by atoms with E-state index in [-0.39, 0.29) is 6.61 Å². The van der Waals surface area contributed by atoms with Gasteiger partial charge in [-0.25, -0.2) is 0 Å². The summed E-state index contributed by atoms with van der Waals surface area (Å²) in [5, 5.41) is 13.3. The predicted octanol–water partition coefficient (Wildman–Crippen LogP) is 4.43. The first-order valence-electron chi connectivity index (χ1n) is 7.67. The summed E-state index contributed by atoms with van der Waals surface area (Å²) >= 11 is 12.3. The van der Waals surface area contributed by atoms with Crippen LogP contribution in [-0.2, 0) is 13.2 Å². The highest BCUT2D eigenvalue weighted by atomic mass is 35.5. The minimum absolute atomic E-state index is 0.253. The highest BCUT2D eigenvalue weighted by Crippen LogP contribution is 2.25. The van der Waals surface area contributed by atoms with Gasteiger partial charge in [0.1, 0.15) is 12.4 Å². The summed E-state index contributed by atoms with van der Waals surface area (Å²) in [6, 6.07) is 13.4. The molecule has 0 aromatic heterocycles. The standard InChI is InChI=1S/C18H21Cl2NO2/c19-17-4-3-5-18(20)16(17)13-23-15-8-6-14(7-9-15)12-21-10-1-2-11-22/h3-9,21-22H,1-2,10-13H2. The number of hydrogen-bond acceptors (Lipinski definition) is 3. The smallest absolute Gasteiger partial charge is 0.119 e. The van der Waals surface area contributed by atoms with Crippen molar-refractivity contribution in [1.29, 1.82) is 0 Å². The third-order valence-corrected chi connectivity index (χ3v) is 4.17. The van der Waals surface area contributed by atoms with Crippen LogP contribution in [0.4, 0.5) is 0 Å². The van der Waals surface area contributed by atoms with E-state index in [0.29, 0.717) is 16.7 Å². The topological polar surface area (TPSA) is 41.5 Å². The maximum atomic E-state index is 8.72. The SMILES string of the molecule is OCCCCNCc1ccc(OCc2c(Cl)cccc2Cl)cc1. The van der Waals surface area contributed by atoms with Gasteiger partial charge in [-0.2, -0.15) is 0 Å². The van der Waals surface area contributed by atoms with E-state index in [9.17, 15) is 0 Å². The molecule has 2 aromatic carbocycles. The normalized spacial score (nSPS) is 10.7. The van der Waals surface area contributed by atoms with Crippen molar-refractivity contribution in [2.75, 3.05) is 13.2 Å². The molecule has 23 heavy (non-hydrogen) atoms. The summed E-state index contributed by atoms with van der Waals surface area (Å²) in [6.45, 7) is 2.31. The molecular formula is C18H21Cl2NO2. The van der Waals surface area contributed by atoms with Gasteiger partial charge in [-0.05, 0) is 49.2 Å². The van der Waals surface area contributed by atoms with Gasteiger partial charge in [0, 0.05) is 28.8 Å². The van der Waals surface area contributed by atoms with Crippen molar-refractivity contribution in [2.24, 2.45) is 0 Å². The van der Waals surface area contributed by atoms with Gasteiger partial charge < -0.3 is 15.2 Å². The second kappa shape index (κ2) is 9.78. The summed E-state index contributed by atoms with van der Waals surface area (Å²) < 4.78 is 5.75. The molecule has 0 heterocycles. The minimum atomic E-state index is 0.253. The fourth-order valence-corrected chi connectivity index (χ4v) is 2.63. The number of rotatable bonds is 9. The highest BCUT2D eigenvalue weighted by molar-refractivity contribution is 6.35. The van der Waals surface area contributed by atoms with Gasteiger partial charge in [0.15, 0.2) is 0 Å². The molecule has 0 saturated heterocycles. The molecule has 3 nitrogen and oxygen atoms in total. The van der Waals surface area contributed by atoms with Crippen LogP contribution in [0.1, 0.15) is 24.0 Å². The number of hydrogen-bond donors (Lipinski definition) is 2. The first kappa shape index (κ1) is 18.1. The quantitative estimate of drug-likeness (QED) is 0.655. The maximum absolute atomic E-state index is 8.72. The molecule has 0 atom stereocenters. The summed E-state index contributed by atoms with van der Waals surface area (Å²) in [4.78, 5) is 0. The molecule has 2 rings (SSSR count). The van der Waals surface area contributed by atoms with Crippen molar-refractivity contribution in [3.63, 3.8) is 0 Å². The van der Waals surface area contributed by atoms with Crippen molar-refractivity contribution in [1.82, 2.24) is 5.32 Å². The van der Waals surface area contributed by atoms with E-state index in [0.717, 1.165) is 37.2 Å². The Kier molecular flexibility index (Phi) is 7.69. The highest BCUT2D eigenvalue weighted by Gasteiger charge is 2.06. The van der Waals surface area contributed by atoms with Crippen molar-refractivity contribution in [3.8, 4) is 5.75 Å². The van der Waals surface area contributed by atoms with E-state index in [1.807, 2.05) is 30.3 Å². The zero-order chi connectivity index (χ0) is 16.5. The molecule has 0 aliphatic rings. The van der Waals surface area contributed by atoms with Gasteiger partial charge in [-0.1, -0.05) is 41.4 Å². The molecule has 2 aromatic rings. The Morgan fingerprint density at radius 1 is 0.957 bits per heavy atom. The molecule has 2 N–H and O–H groups in total. The molecule has 0 amide bonds. The third-order valence-electron chi connectivity index (χ3n) is 3.46. The predicted molar refractivity (Wildman–Crippen MR) is 95.3 cm³/mol. The van der Waals surface area contributed by atoms with E-state index in [1.165, 1.54) is 5.56 Å². The van der Waals surface area contributed by atoms with E-state index < -0.39 is 0 Å². The van der Waals surface area contributed by atoms with Crippen LogP contribution >= 0.6 is 23.2 Å². The van der Waals surface area contributed by atoms with E-state index in [2.05, 4.69) is 5.32 Å². The van der Waals surface area contributed by atoms with Gasteiger partial charge in [0.25, 0.3) is 0 Å². The Labute approximate surface area is 147 Å². The molecular weight excluding hydrogens is 333 g/mol. The van der Waals surface area contributed by atoms with Crippen LogP contribution in [-0.4, -0.2) is 18.3 Å². The zero-order valence-corrected chi connectivity index (χ0v) is 14.4. The molecule has 0 fully saturated rings. The molecule has 0 radical (unpaired) electrons. The van der Waals surface area contributed by atoms with Gasteiger partial charge in [-0.3, -0.25) is 0 Å². The molecule has 0 bridgehead atoms. The Morgan fingerprint density at radius 2 is 1.65 bits per heavy atom. The van der Waals surface area contributed by atoms with Crippen LogP contribution in [0.3, 0.4) is 0 Å². The Morgan fingerprint density at radius 3 is 2.30 bits per heavy atom. The van der Waals surface area contributed by atoms with Crippen molar-refractivity contribution >= 4 is 23.2 Å². The van der Waals surface area contributed by atoms with Gasteiger partial charge in [-0.15, -0.1) is 0 Å². The molecule has 0 saturated carbocycles. The molecule has 124 valence electrons. The lowest BCUT2D eigenvalue weighted by atomic mass is 10.2. The third kappa shape index (κ3) is 6.04. The zero-order valence-electron chi connectivity index (χ0n) is 12.9. The minimum Gasteiger partial charge on any atom is -0.489 e. The molecule has 0 aliphatic heterocycles. The van der Waals surface area contributed by atoms with Crippen molar-refractivity contribution < 1.29 is 9.84 Å². The van der Waals surface area contributed by atoms with Crippen molar-refractivity contribution in [2.45, 2.75) is 26.0 Å². The van der Waals surface area contributed by atoms with E-state index >= 15 is 0 Å². The summed E-state index contributed by atoms with van der Waals surface area (Å²) in [6.07, 6.45) is 1.82. The lowest BCUT2D eigenvalue weighted by Gasteiger charge is -2.10. The fourth-order valence-electron chi connectivity index (χ4n) is 2.12. The fraction of sp³-hybridized carbons (Fsp3) is 0.333. The summed E-state index contributed by atoms with van der Waals surface area (Å²) in [5.74, 6) is 0.782. The molecule has 0 unspecified atom stereocenters. The second-order valence-electron chi connectivity index (χ2n) is 5.24. The van der Waals surface area contributed by atoms with Crippen LogP contribution in [0, 0.1) is 0 Å². The van der Waals surface area contributed by atoms with Gasteiger partial charge in [0.2, 0.25) is 0 Å². The molecule has 0 spiro atoms. The van der Waals surface area contributed by atoms with Crippen LogP contribution < -0.4 is 10.1 Å². The number of ether oxygens (including phenoxy) is 1. The summed E-state index contributed by atoms with van der Waals surface area (Å²) in [7, 11) is 0. The first-order valence-corrected chi connectivity index (χ1v) is 8.42. The summed E-state index contributed by atoms with van der Waals surface area (Å²) in [5.41, 5.74) is 1.99. The number of unbranched alkanes of at least 4 members (excludes halogenated alkanes) is 1. The Balaban J connectivity index is 1.81. The van der Waals surface area contributed by atoms with Gasteiger partial charge >= 0.3 is 0 Å². The van der Waals surface area contributed by atoms with Gasteiger partial charge in [0.05, 0.1) is 0 Å². The molecule has 5 heteroatoms. The number of halogens is 2. The Bertz CT molecular complexity index is 582. The average Bonchev–Trinajstić information content (AvgIpc) is 2.55. The van der Waals surface area contributed by atoms with E-state index in [1.54, 1.807) is 12.1 Å². The number of aliphatic hydroxyl groups is 1. The van der Waals surface area contributed by atoms with E-state index in [4.69, 9.17) is 33.0 Å². The average molecular weight is 354 g/mol. The van der Waals surface area contributed by atoms with Crippen LogP contribution in [0.5, 0.6) is 5.75 Å². The monoisotopic (exact) mass is 353 g/mol. The molecule has 0 aliphatic carbocycles. The first-order chi connectivity index (χ1) is 11.2. The number of benzene rings is 2. The van der Waals surface area contributed by atoms with Crippen LogP contribution in [0.25, 0.3) is 0 Å². The van der Waals surface area contributed by atoms with Crippen molar-refractivity contribution in [3.05, 3.63) is 63.6 Å². The maximum Gasteiger partial charge on any atom is 0.119 e. The lowest BCUT2D eigenvalue weighted by molar-refractivity contribution is 0.283. The van der Waals surface area contributed by atoms with Crippen LogP contribution in [0.2, 0.25) is 10.0 Å². The van der Waals surface area contributed by atoms with Crippen LogP contribution in [0.15, 0.2) is 42.5 Å². The number of nitrogens with one attached hydrogen (secondary N) is 1. The lowest BCUT2D eigenvalue weighted by Crippen LogP contribution is -2.14. The largest absolute Gasteiger partial charge is 0.489 e. The Hall–Kier alpha value is -1.26. The number of aliphatic hydroxyl groups excluding tert-OH is 1.